The Labute approximate surface area is 127 Å². The number of phenols is 1. The number of rotatable bonds is 3. The van der Waals surface area contributed by atoms with E-state index in [9.17, 15) is 15.0 Å². The van der Waals surface area contributed by atoms with Crippen LogP contribution in [0.5, 0.6) is 11.5 Å². The van der Waals surface area contributed by atoms with Gasteiger partial charge in [-0.1, -0.05) is 36.4 Å². The fraction of sp³-hybridized carbons (Fsp3) is 0.0556. The van der Waals surface area contributed by atoms with Crippen LogP contribution in [0.15, 0.2) is 54.6 Å². The molecule has 0 aliphatic carbocycles. The van der Waals surface area contributed by atoms with Crippen molar-refractivity contribution >= 4 is 16.7 Å². The monoisotopic (exact) mass is 294 g/mol. The van der Waals surface area contributed by atoms with Crippen LogP contribution in [0, 0.1) is 0 Å². The van der Waals surface area contributed by atoms with Crippen molar-refractivity contribution in [3.05, 3.63) is 60.2 Å². The number of carboxylic acid groups (broad SMARTS) is 1. The first kappa shape index (κ1) is 13.9. The highest BCUT2D eigenvalue weighted by atomic mass is 16.5. The van der Waals surface area contributed by atoms with Gasteiger partial charge in [0.25, 0.3) is 0 Å². The molecule has 0 unspecified atom stereocenters. The Hall–Kier alpha value is -3.01. The summed E-state index contributed by atoms with van der Waals surface area (Å²) in [6, 6.07) is 16.1. The van der Waals surface area contributed by atoms with Crippen LogP contribution in [0.2, 0.25) is 0 Å². The highest BCUT2D eigenvalue weighted by Crippen LogP contribution is 2.37. The maximum Gasteiger partial charge on any atom is 0.339 e. The molecule has 3 aromatic rings. The van der Waals surface area contributed by atoms with Crippen molar-refractivity contribution in [1.82, 2.24) is 0 Å². The van der Waals surface area contributed by atoms with E-state index in [1.807, 2.05) is 36.4 Å². The Bertz CT molecular complexity index is 851. The number of carboxylic acids is 1. The maximum atomic E-state index is 11.4. The van der Waals surface area contributed by atoms with Crippen molar-refractivity contribution in [2.24, 2.45) is 0 Å². The Kier molecular flexibility index (Phi) is 3.43. The third-order valence-electron chi connectivity index (χ3n) is 3.65. The van der Waals surface area contributed by atoms with Gasteiger partial charge in [0.1, 0.15) is 17.1 Å². The third kappa shape index (κ3) is 2.24. The zero-order chi connectivity index (χ0) is 15.7. The van der Waals surface area contributed by atoms with Gasteiger partial charge in [-0.25, -0.2) is 4.79 Å². The Morgan fingerprint density at radius 2 is 1.64 bits per heavy atom. The van der Waals surface area contributed by atoms with Gasteiger partial charge in [0, 0.05) is 5.39 Å². The Morgan fingerprint density at radius 3 is 2.23 bits per heavy atom. The normalized spacial score (nSPS) is 10.6. The van der Waals surface area contributed by atoms with Crippen LogP contribution in [0.25, 0.3) is 21.9 Å². The molecule has 0 saturated heterocycles. The molecule has 2 N–H and O–H groups in total. The standard InChI is InChI=1S/C18H14O4/c1-22-12-8-6-11(7-9-12)15-10-16(18(20)21)17(19)14-5-3-2-4-13(14)15/h2-10,19H,1H3,(H,20,21). The minimum atomic E-state index is -1.15. The van der Waals surface area contributed by atoms with E-state index < -0.39 is 5.97 Å². The van der Waals surface area contributed by atoms with Crippen LogP contribution in [0.3, 0.4) is 0 Å². The second-order valence-electron chi connectivity index (χ2n) is 4.90. The highest BCUT2D eigenvalue weighted by molar-refractivity contribution is 6.07. The van der Waals surface area contributed by atoms with E-state index in [2.05, 4.69) is 0 Å². The van der Waals surface area contributed by atoms with Crippen LogP contribution < -0.4 is 4.74 Å². The molecular formula is C18H14O4. The van der Waals surface area contributed by atoms with Gasteiger partial charge >= 0.3 is 5.97 Å². The summed E-state index contributed by atoms with van der Waals surface area (Å²) in [5.74, 6) is -0.635. The number of carbonyl (C=O) groups is 1. The summed E-state index contributed by atoms with van der Waals surface area (Å²) in [7, 11) is 1.59. The van der Waals surface area contributed by atoms with Crippen LogP contribution in [-0.2, 0) is 0 Å². The Balaban J connectivity index is 2.31. The molecule has 0 saturated carbocycles. The zero-order valence-corrected chi connectivity index (χ0v) is 11.9. The average molecular weight is 294 g/mol. The summed E-state index contributed by atoms with van der Waals surface area (Å²) < 4.78 is 5.14. The van der Waals surface area contributed by atoms with Crippen molar-refractivity contribution < 1.29 is 19.7 Å². The lowest BCUT2D eigenvalue weighted by atomic mass is 9.94. The minimum Gasteiger partial charge on any atom is -0.506 e. The van der Waals surface area contributed by atoms with Crippen molar-refractivity contribution in [2.45, 2.75) is 0 Å². The fourth-order valence-corrected chi connectivity index (χ4v) is 2.53. The molecule has 0 atom stereocenters. The maximum absolute atomic E-state index is 11.4. The third-order valence-corrected chi connectivity index (χ3v) is 3.65. The van der Waals surface area contributed by atoms with E-state index in [0.717, 1.165) is 22.3 Å². The van der Waals surface area contributed by atoms with Crippen LogP contribution in [-0.4, -0.2) is 23.3 Å². The summed E-state index contributed by atoms with van der Waals surface area (Å²) in [6.07, 6.45) is 0. The largest absolute Gasteiger partial charge is 0.506 e. The number of ether oxygens (including phenoxy) is 1. The molecule has 3 aromatic carbocycles. The number of aromatic carboxylic acids is 1. The molecule has 0 spiro atoms. The highest BCUT2D eigenvalue weighted by Gasteiger charge is 2.16. The molecule has 0 heterocycles. The fourth-order valence-electron chi connectivity index (χ4n) is 2.53. The Morgan fingerprint density at radius 1 is 1.00 bits per heavy atom. The molecule has 0 radical (unpaired) electrons. The predicted octanol–water partition coefficient (Wildman–Crippen LogP) is 3.92. The van der Waals surface area contributed by atoms with Crippen LogP contribution in [0.1, 0.15) is 10.4 Å². The van der Waals surface area contributed by atoms with Gasteiger partial charge in [0.2, 0.25) is 0 Å². The molecule has 22 heavy (non-hydrogen) atoms. The molecule has 4 heteroatoms. The average Bonchev–Trinajstić information content (AvgIpc) is 2.55. The van der Waals surface area contributed by atoms with Gasteiger partial charge in [-0.15, -0.1) is 0 Å². The van der Waals surface area contributed by atoms with E-state index in [1.165, 1.54) is 6.07 Å². The lowest BCUT2D eigenvalue weighted by molar-refractivity contribution is 0.0694. The molecule has 4 nitrogen and oxygen atoms in total. The predicted molar refractivity (Wildman–Crippen MR) is 84.6 cm³/mol. The lowest BCUT2D eigenvalue weighted by Crippen LogP contribution is -1.98. The quantitative estimate of drug-likeness (QED) is 0.768. The first-order valence-corrected chi connectivity index (χ1v) is 6.74. The van der Waals surface area contributed by atoms with Gasteiger partial charge < -0.3 is 14.9 Å². The van der Waals surface area contributed by atoms with E-state index in [1.54, 1.807) is 19.2 Å². The molecule has 0 fully saturated rings. The molecule has 0 bridgehead atoms. The van der Waals surface area contributed by atoms with E-state index in [0.29, 0.717) is 5.39 Å². The molecule has 0 aliphatic heterocycles. The number of hydrogen-bond acceptors (Lipinski definition) is 3. The summed E-state index contributed by atoms with van der Waals surface area (Å²) in [5, 5.41) is 20.8. The summed E-state index contributed by atoms with van der Waals surface area (Å²) in [4.78, 5) is 11.4. The number of methoxy groups -OCH3 is 1. The summed E-state index contributed by atoms with van der Waals surface area (Å²) >= 11 is 0. The molecule has 0 amide bonds. The second-order valence-corrected chi connectivity index (χ2v) is 4.90. The van der Waals surface area contributed by atoms with Gasteiger partial charge in [-0.2, -0.15) is 0 Å². The summed E-state index contributed by atoms with van der Waals surface area (Å²) in [5.41, 5.74) is 1.51. The first-order valence-electron chi connectivity index (χ1n) is 6.74. The van der Waals surface area contributed by atoms with Crippen molar-refractivity contribution in [1.29, 1.82) is 0 Å². The zero-order valence-electron chi connectivity index (χ0n) is 11.9. The smallest absolute Gasteiger partial charge is 0.339 e. The van der Waals surface area contributed by atoms with Crippen LogP contribution >= 0.6 is 0 Å². The topological polar surface area (TPSA) is 66.8 Å². The molecule has 0 aliphatic rings. The van der Waals surface area contributed by atoms with Crippen molar-refractivity contribution in [3.8, 4) is 22.6 Å². The minimum absolute atomic E-state index is 0.107. The van der Waals surface area contributed by atoms with Gasteiger partial charge in [-0.05, 0) is 34.7 Å². The van der Waals surface area contributed by atoms with Gasteiger partial charge in [0.05, 0.1) is 7.11 Å². The van der Waals surface area contributed by atoms with Crippen molar-refractivity contribution in [3.63, 3.8) is 0 Å². The van der Waals surface area contributed by atoms with Crippen molar-refractivity contribution in [2.75, 3.05) is 7.11 Å². The summed E-state index contributed by atoms with van der Waals surface area (Å²) in [6.45, 7) is 0. The second kappa shape index (κ2) is 5.41. The van der Waals surface area contributed by atoms with E-state index in [4.69, 9.17) is 4.74 Å². The number of aromatic hydroxyl groups is 1. The van der Waals surface area contributed by atoms with E-state index >= 15 is 0 Å². The van der Waals surface area contributed by atoms with Gasteiger partial charge in [-0.3, -0.25) is 0 Å². The lowest BCUT2D eigenvalue weighted by Gasteiger charge is -2.12. The molecule has 0 aromatic heterocycles. The number of fused-ring (bicyclic) bond motifs is 1. The molecule has 3 rings (SSSR count). The molecule has 110 valence electrons. The van der Waals surface area contributed by atoms with Crippen LogP contribution in [0.4, 0.5) is 0 Å². The van der Waals surface area contributed by atoms with E-state index in [-0.39, 0.29) is 11.3 Å². The SMILES string of the molecule is COc1ccc(-c2cc(C(=O)O)c(O)c3ccccc23)cc1. The number of hydrogen-bond donors (Lipinski definition) is 2. The number of benzene rings is 3. The van der Waals surface area contributed by atoms with Gasteiger partial charge in [0.15, 0.2) is 0 Å². The first-order chi connectivity index (χ1) is 10.6. The molecular weight excluding hydrogens is 280 g/mol.